The van der Waals surface area contributed by atoms with Crippen molar-refractivity contribution in [3.63, 3.8) is 0 Å². The van der Waals surface area contributed by atoms with Crippen molar-refractivity contribution >= 4 is 5.91 Å². The van der Waals surface area contributed by atoms with Crippen molar-refractivity contribution in [1.82, 2.24) is 19.9 Å². The van der Waals surface area contributed by atoms with Crippen LogP contribution >= 0.6 is 0 Å². The number of rotatable bonds is 4. The van der Waals surface area contributed by atoms with Crippen molar-refractivity contribution in [3.8, 4) is 0 Å². The number of carbonyl (C=O) groups is 1. The van der Waals surface area contributed by atoms with Crippen LogP contribution in [0.2, 0.25) is 0 Å². The third kappa shape index (κ3) is 1.69. The summed E-state index contributed by atoms with van der Waals surface area (Å²) in [5, 5.41) is 16.7. The van der Waals surface area contributed by atoms with Crippen molar-refractivity contribution in [2.75, 3.05) is 20.7 Å². The minimum Gasteiger partial charge on any atom is -0.396 e. The van der Waals surface area contributed by atoms with Crippen molar-refractivity contribution in [2.24, 2.45) is 0 Å². The molecule has 1 aromatic rings. The van der Waals surface area contributed by atoms with Crippen LogP contribution in [0.1, 0.15) is 18.5 Å². The lowest BCUT2D eigenvalue weighted by molar-refractivity contribution is -0.134. The summed E-state index contributed by atoms with van der Waals surface area (Å²) in [6.07, 6.45) is 3.86. The molecule has 0 bridgehead atoms. The van der Waals surface area contributed by atoms with E-state index in [1.54, 1.807) is 29.9 Å². The lowest BCUT2D eigenvalue weighted by Gasteiger charge is -2.19. The summed E-state index contributed by atoms with van der Waals surface area (Å²) in [5.41, 5.74) is 0.213. The standard InChI is InChI=1S/C10H16N4O2/c1-13(2)9(16)10(4-5-10)14-7-8(3-6-15)11-12-14/h7,15H,3-6H2,1-2H3. The first-order chi connectivity index (χ1) is 7.60. The number of hydrogen-bond acceptors (Lipinski definition) is 4. The Labute approximate surface area is 93.9 Å². The second kappa shape index (κ2) is 3.86. The number of aliphatic hydroxyl groups excluding tert-OH is 1. The molecule has 1 aliphatic rings. The molecule has 16 heavy (non-hydrogen) atoms. The van der Waals surface area contributed by atoms with Gasteiger partial charge in [-0.15, -0.1) is 5.10 Å². The largest absolute Gasteiger partial charge is 0.396 e. The fourth-order valence-corrected chi connectivity index (χ4v) is 1.81. The molecule has 1 saturated carbocycles. The Balaban J connectivity index is 2.20. The van der Waals surface area contributed by atoms with Crippen LogP contribution in [-0.2, 0) is 16.8 Å². The van der Waals surface area contributed by atoms with E-state index >= 15 is 0 Å². The zero-order valence-electron chi connectivity index (χ0n) is 9.55. The highest BCUT2D eigenvalue weighted by Crippen LogP contribution is 2.44. The van der Waals surface area contributed by atoms with Crippen LogP contribution in [0, 0.1) is 0 Å². The fourth-order valence-electron chi connectivity index (χ4n) is 1.81. The maximum atomic E-state index is 12.0. The van der Waals surface area contributed by atoms with Gasteiger partial charge < -0.3 is 10.0 Å². The molecule has 1 amide bonds. The minimum absolute atomic E-state index is 0.0489. The van der Waals surface area contributed by atoms with Crippen molar-refractivity contribution in [1.29, 1.82) is 0 Å². The van der Waals surface area contributed by atoms with Gasteiger partial charge in [0.2, 0.25) is 5.91 Å². The molecule has 1 heterocycles. The van der Waals surface area contributed by atoms with E-state index in [-0.39, 0.29) is 12.5 Å². The Morgan fingerprint density at radius 1 is 1.62 bits per heavy atom. The van der Waals surface area contributed by atoms with Crippen molar-refractivity contribution < 1.29 is 9.90 Å². The monoisotopic (exact) mass is 224 g/mol. The zero-order chi connectivity index (χ0) is 11.8. The number of nitrogens with zero attached hydrogens (tertiary/aromatic N) is 4. The van der Waals surface area contributed by atoms with E-state index < -0.39 is 5.54 Å². The molecule has 1 aliphatic carbocycles. The SMILES string of the molecule is CN(C)C(=O)C1(n2cc(CCO)nn2)CC1. The van der Waals surface area contributed by atoms with Gasteiger partial charge in [0, 0.05) is 33.3 Å². The number of aromatic nitrogens is 3. The van der Waals surface area contributed by atoms with E-state index in [0.717, 1.165) is 18.5 Å². The van der Waals surface area contributed by atoms with E-state index in [0.29, 0.717) is 6.42 Å². The summed E-state index contributed by atoms with van der Waals surface area (Å²) >= 11 is 0. The topological polar surface area (TPSA) is 71.2 Å². The molecule has 0 aromatic carbocycles. The van der Waals surface area contributed by atoms with Crippen LogP contribution in [0.4, 0.5) is 0 Å². The average molecular weight is 224 g/mol. The van der Waals surface area contributed by atoms with Gasteiger partial charge >= 0.3 is 0 Å². The molecule has 88 valence electrons. The van der Waals surface area contributed by atoms with Gasteiger partial charge in [-0.25, -0.2) is 4.68 Å². The lowest BCUT2D eigenvalue weighted by Crippen LogP contribution is -2.38. The van der Waals surface area contributed by atoms with E-state index in [1.807, 2.05) is 0 Å². The third-order valence-electron chi connectivity index (χ3n) is 2.88. The maximum Gasteiger partial charge on any atom is 0.250 e. The number of aliphatic hydroxyl groups is 1. The van der Waals surface area contributed by atoms with E-state index in [9.17, 15) is 4.79 Å². The molecule has 0 radical (unpaired) electrons. The van der Waals surface area contributed by atoms with E-state index in [4.69, 9.17) is 5.11 Å². The molecular formula is C10H16N4O2. The number of amides is 1. The second-order valence-corrected chi connectivity index (χ2v) is 4.36. The number of hydrogen-bond donors (Lipinski definition) is 1. The molecule has 0 saturated heterocycles. The first-order valence-corrected chi connectivity index (χ1v) is 5.34. The summed E-state index contributed by atoms with van der Waals surface area (Å²) in [6, 6.07) is 0. The van der Waals surface area contributed by atoms with Crippen molar-refractivity contribution in [2.45, 2.75) is 24.8 Å². The molecule has 1 N–H and O–H groups in total. The highest BCUT2D eigenvalue weighted by atomic mass is 16.3. The van der Waals surface area contributed by atoms with Crippen LogP contribution in [0.3, 0.4) is 0 Å². The molecule has 0 unspecified atom stereocenters. The minimum atomic E-state index is -0.510. The van der Waals surface area contributed by atoms with Crippen LogP contribution < -0.4 is 0 Å². The number of carbonyl (C=O) groups excluding carboxylic acids is 1. The smallest absolute Gasteiger partial charge is 0.250 e. The van der Waals surface area contributed by atoms with Crippen LogP contribution in [-0.4, -0.2) is 51.6 Å². The van der Waals surface area contributed by atoms with Crippen LogP contribution in [0.15, 0.2) is 6.20 Å². The summed E-state index contributed by atoms with van der Waals surface area (Å²) in [4.78, 5) is 13.6. The fraction of sp³-hybridized carbons (Fsp3) is 0.700. The number of likely N-dealkylation sites (N-methyl/N-ethyl adjacent to an activating group) is 1. The Bertz CT molecular complexity index is 395. The molecular weight excluding hydrogens is 208 g/mol. The van der Waals surface area contributed by atoms with Crippen LogP contribution in [0.25, 0.3) is 0 Å². The first-order valence-electron chi connectivity index (χ1n) is 5.34. The molecule has 6 nitrogen and oxygen atoms in total. The molecule has 0 atom stereocenters. The Hall–Kier alpha value is -1.43. The molecule has 2 rings (SSSR count). The maximum absolute atomic E-state index is 12.0. The molecule has 0 aliphatic heterocycles. The highest BCUT2D eigenvalue weighted by Gasteiger charge is 2.53. The van der Waals surface area contributed by atoms with Gasteiger partial charge in [0.1, 0.15) is 5.54 Å². The summed E-state index contributed by atoms with van der Waals surface area (Å²) in [5.74, 6) is 0.0629. The third-order valence-corrected chi connectivity index (χ3v) is 2.88. The van der Waals surface area contributed by atoms with Gasteiger partial charge in [-0.2, -0.15) is 0 Å². The summed E-state index contributed by atoms with van der Waals surface area (Å²) in [7, 11) is 3.49. The van der Waals surface area contributed by atoms with Gasteiger partial charge in [-0.3, -0.25) is 4.79 Å². The van der Waals surface area contributed by atoms with Gasteiger partial charge in [-0.1, -0.05) is 5.21 Å². The Kier molecular flexibility index (Phi) is 2.67. The molecule has 0 spiro atoms. The summed E-state index contributed by atoms with van der Waals surface area (Å²) < 4.78 is 1.64. The van der Waals surface area contributed by atoms with Gasteiger partial charge in [0.15, 0.2) is 0 Å². The van der Waals surface area contributed by atoms with Crippen molar-refractivity contribution in [3.05, 3.63) is 11.9 Å². The Morgan fingerprint density at radius 2 is 2.31 bits per heavy atom. The molecule has 1 fully saturated rings. The molecule has 1 aromatic heterocycles. The average Bonchev–Trinajstić information content (AvgIpc) is 2.93. The zero-order valence-corrected chi connectivity index (χ0v) is 9.55. The first kappa shape index (κ1) is 11.1. The van der Waals surface area contributed by atoms with Crippen LogP contribution in [0.5, 0.6) is 0 Å². The van der Waals surface area contributed by atoms with Gasteiger partial charge in [-0.05, 0) is 12.8 Å². The lowest BCUT2D eigenvalue weighted by atomic mass is 10.2. The highest BCUT2D eigenvalue weighted by molar-refractivity contribution is 5.86. The molecule has 6 heteroatoms. The predicted octanol–water partition coefficient (Wildman–Crippen LogP) is -0.610. The predicted molar refractivity (Wildman–Crippen MR) is 56.7 cm³/mol. The Morgan fingerprint density at radius 3 is 2.81 bits per heavy atom. The van der Waals surface area contributed by atoms with Gasteiger partial charge in [0.05, 0.1) is 5.69 Å². The van der Waals surface area contributed by atoms with E-state index in [2.05, 4.69) is 10.3 Å². The van der Waals surface area contributed by atoms with Gasteiger partial charge in [0.25, 0.3) is 0 Å². The summed E-state index contributed by atoms with van der Waals surface area (Å²) in [6.45, 7) is 0.0489. The quantitative estimate of drug-likeness (QED) is 0.740. The second-order valence-electron chi connectivity index (χ2n) is 4.36. The normalized spacial score (nSPS) is 17.2. The van der Waals surface area contributed by atoms with E-state index in [1.165, 1.54) is 0 Å².